The fourth-order valence-electron chi connectivity index (χ4n) is 6.86. The van der Waals surface area contributed by atoms with Gasteiger partial charge in [-0.15, -0.1) is 0 Å². The van der Waals surface area contributed by atoms with Crippen LogP contribution in [0.3, 0.4) is 0 Å². The van der Waals surface area contributed by atoms with Crippen molar-refractivity contribution in [1.82, 2.24) is 15.1 Å². The molecule has 1 saturated carbocycles. The molecule has 2 unspecified atom stereocenters. The van der Waals surface area contributed by atoms with Crippen molar-refractivity contribution in [2.75, 3.05) is 26.3 Å². The van der Waals surface area contributed by atoms with Crippen molar-refractivity contribution in [3.8, 4) is 5.75 Å². The number of hydrogen-bond donors (Lipinski definition) is 3. The number of aryl methyl sites for hydroxylation is 1. The largest absolute Gasteiger partial charge is 0.492 e. The van der Waals surface area contributed by atoms with Crippen LogP contribution in [0.1, 0.15) is 54.9 Å². The lowest BCUT2D eigenvalue weighted by molar-refractivity contribution is -0.132. The quantitative estimate of drug-likeness (QED) is 0.214. The molecule has 0 aromatic heterocycles. The van der Waals surface area contributed by atoms with Gasteiger partial charge in [0.15, 0.2) is 0 Å². The highest BCUT2D eigenvalue weighted by molar-refractivity contribution is 9.10. The number of ether oxygens (including phenoxy) is 1. The van der Waals surface area contributed by atoms with Gasteiger partial charge >= 0.3 is 0 Å². The van der Waals surface area contributed by atoms with Crippen LogP contribution in [0.15, 0.2) is 76.8 Å². The molecule has 3 atom stereocenters. The molecule has 10 heteroatoms. The van der Waals surface area contributed by atoms with Gasteiger partial charge in [-0.2, -0.15) is 0 Å². The van der Waals surface area contributed by atoms with Gasteiger partial charge in [-0.25, -0.2) is 4.39 Å². The smallest absolute Gasteiger partial charge is 0.252 e. The Kier molecular flexibility index (Phi) is 10.9. The van der Waals surface area contributed by atoms with Gasteiger partial charge in [-0.1, -0.05) is 48.5 Å². The van der Waals surface area contributed by atoms with Crippen LogP contribution in [-0.4, -0.2) is 82.4 Å². The highest BCUT2D eigenvalue weighted by Crippen LogP contribution is 2.38. The Hall–Kier alpha value is -3.57. The number of halogens is 2. The van der Waals surface area contributed by atoms with Crippen LogP contribution in [0, 0.1) is 5.82 Å². The van der Waals surface area contributed by atoms with Gasteiger partial charge in [0.05, 0.1) is 29.8 Å². The number of nitrogens with zero attached hydrogens (tertiary/aromatic N) is 2. The average Bonchev–Trinajstić information content (AvgIpc) is 3.93. The lowest BCUT2D eigenvalue weighted by Crippen LogP contribution is -2.61. The lowest BCUT2D eigenvalue weighted by atomic mass is 9.82. The Morgan fingerprint density at radius 1 is 1.08 bits per heavy atom. The van der Waals surface area contributed by atoms with E-state index in [-0.39, 0.29) is 42.4 Å². The molecule has 3 aliphatic rings. The summed E-state index contributed by atoms with van der Waals surface area (Å²) in [6.45, 7) is 3.16. The number of amides is 2. The molecule has 3 aromatic carbocycles. The number of nitrogens with one attached hydrogen (secondary N) is 1. The topological polar surface area (TPSA) is 102 Å². The number of benzene rings is 3. The standard InChI is InChI=1S/C38H43BrFN3O5/c1-24(45)42-21-30-19-33(26-10-8-25(9-11-26)5-4-16-48-36-18-29(40)12-15-34(36)39)37(35(22-42)41-30)38(47)43(31-13-14-31)20-28-7-3-2-6-27(28)17-32(46)23-44/h2-3,6-12,15,18,30-32,35,41,44,46H,4-5,13-14,16-17,19-23H2,1H3/t30?,32-,35?/m1/s1. The number of aliphatic hydroxyl groups is 2. The fourth-order valence-corrected chi connectivity index (χ4v) is 7.22. The first-order valence-corrected chi connectivity index (χ1v) is 17.6. The van der Waals surface area contributed by atoms with Crippen LogP contribution in [-0.2, 0) is 29.0 Å². The minimum atomic E-state index is -0.865. The molecular weight excluding hydrogens is 677 g/mol. The van der Waals surface area contributed by atoms with E-state index in [9.17, 15) is 24.2 Å². The second-order valence-corrected chi connectivity index (χ2v) is 14.0. The predicted octanol–water partition coefficient (Wildman–Crippen LogP) is 5.03. The SMILES string of the molecule is CC(=O)N1CC2CC(c3ccc(CCCOc4cc(F)ccc4Br)cc3)=C(C(=O)N(Cc3ccccc3C[C@@H](O)CO)C3CC3)C(C1)N2. The summed E-state index contributed by atoms with van der Waals surface area (Å²) in [4.78, 5) is 31.0. The predicted molar refractivity (Wildman–Crippen MR) is 186 cm³/mol. The highest BCUT2D eigenvalue weighted by atomic mass is 79.9. The van der Waals surface area contributed by atoms with Crippen molar-refractivity contribution >= 4 is 33.3 Å². The summed E-state index contributed by atoms with van der Waals surface area (Å²) in [5.74, 6) is 0.141. The molecule has 2 aliphatic heterocycles. The van der Waals surface area contributed by atoms with Crippen molar-refractivity contribution in [1.29, 1.82) is 0 Å². The zero-order valence-electron chi connectivity index (χ0n) is 27.2. The third kappa shape index (κ3) is 8.17. The Bertz CT molecular complexity index is 1660. The minimum Gasteiger partial charge on any atom is -0.492 e. The first-order valence-electron chi connectivity index (χ1n) is 16.8. The summed E-state index contributed by atoms with van der Waals surface area (Å²) in [6.07, 6.45) is 3.50. The summed E-state index contributed by atoms with van der Waals surface area (Å²) >= 11 is 3.40. The number of aliphatic hydroxyl groups excluding tert-OH is 2. The summed E-state index contributed by atoms with van der Waals surface area (Å²) in [7, 11) is 0. The zero-order chi connectivity index (χ0) is 33.8. The van der Waals surface area contributed by atoms with Crippen molar-refractivity contribution in [2.24, 2.45) is 0 Å². The molecule has 3 N–H and O–H groups in total. The van der Waals surface area contributed by atoms with E-state index in [1.54, 1.807) is 13.0 Å². The van der Waals surface area contributed by atoms with E-state index in [1.165, 1.54) is 12.1 Å². The molecule has 8 nitrogen and oxygen atoms in total. The molecule has 2 heterocycles. The van der Waals surface area contributed by atoms with Gasteiger partial charge in [0.1, 0.15) is 11.6 Å². The Balaban J connectivity index is 1.24. The van der Waals surface area contributed by atoms with Gasteiger partial charge in [0, 0.05) is 56.7 Å². The molecule has 2 bridgehead atoms. The summed E-state index contributed by atoms with van der Waals surface area (Å²) in [5.41, 5.74) is 5.78. The lowest BCUT2D eigenvalue weighted by Gasteiger charge is -2.44. The summed E-state index contributed by atoms with van der Waals surface area (Å²) in [6, 6.07) is 20.5. The average molecular weight is 721 g/mol. The highest BCUT2D eigenvalue weighted by Gasteiger charge is 2.43. The van der Waals surface area contributed by atoms with E-state index in [0.29, 0.717) is 44.8 Å². The van der Waals surface area contributed by atoms with E-state index < -0.39 is 6.10 Å². The summed E-state index contributed by atoms with van der Waals surface area (Å²) < 4.78 is 20.1. The van der Waals surface area contributed by atoms with Gasteiger partial charge in [-0.3, -0.25) is 9.59 Å². The van der Waals surface area contributed by atoms with E-state index in [1.807, 2.05) is 34.1 Å². The van der Waals surface area contributed by atoms with E-state index in [4.69, 9.17) is 4.74 Å². The molecule has 1 saturated heterocycles. The Labute approximate surface area is 289 Å². The number of piperazine rings is 1. The van der Waals surface area contributed by atoms with Crippen molar-refractivity contribution in [3.63, 3.8) is 0 Å². The molecule has 2 amide bonds. The fraction of sp³-hybridized carbons (Fsp3) is 0.421. The molecule has 2 fully saturated rings. The second kappa shape index (κ2) is 15.3. The molecule has 6 rings (SSSR count). The van der Waals surface area contributed by atoms with Crippen LogP contribution >= 0.6 is 15.9 Å². The molecular formula is C38H43BrFN3O5. The molecule has 3 aromatic rings. The zero-order valence-corrected chi connectivity index (χ0v) is 28.8. The van der Waals surface area contributed by atoms with Crippen molar-refractivity contribution < 1.29 is 28.9 Å². The number of fused-ring (bicyclic) bond motifs is 2. The van der Waals surface area contributed by atoms with Gasteiger partial charge < -0.3 is 30.1 Å². The first-order chi connectivity index (χ1) is 23.2. The molecule has 0 radical (unpaired) electrons. The number of carbonyl (C=O) groups is 2. The van der Waals surface area contributed by atoms with Crippen LogP contribution in [0.2, 0.25) is 0 Å². The van der Waals surface area contributed by atoms with Crippen molar-refractivity contribution in [2.45, 2.75) is 76.2 Å². The molecule has 254 valence electrons. The number of carbonyl (C=O) groups excluding carboxylic acids is 2. The molecule has 0 spiro atoms. The van der Waals surface area contributed by atoms with Crippen LogP contribution in [0.5, 0.6) is 5.75 Å². The van der Waals surface area contributed by atoms with E-state index in [0.717, 1.165) is 63.6 Å². The van der Waals surface area contributed by atoms with Crippen LogP contribution < -0.4 is 10.1 Å². The van der Waals surface area contributed by atoms with Crippen LogP contribution in [0.4, 0.5) is 4.39 Å². The normalized spacial score (nSPS) is 19.6. The third-order valence-electron chi connectivity index (χ3n) is 9.52. The third-order valence-corrected chi connectivity index (χ3v) is 10.2. The first kappa shape index (κ1) is 34.3. The van der Waals surface area contributed by atoms with Crippen molar-refractivity contribution in [3.05, 3.63) is 105 Å². The molecule has 1 aliphatic carbocycles. The maximum atomic E-state index is 14.7. The molecule has 48 heavy (non-hydrogen) atoms. The van der Waals surface area contributed by atoms with Gasteiger partial charge in [0.25, 0.3) is 5.91 Å². The number of rotatable bonds is 13. The van der Waals surface area contributed by atoms with Crippen LogP contribution in [0.25, 0.3) is 5.57 Å². The van der Waals surface area contributed by atoms with Gasteiger partial charge in [0.2, 0.25) is 5.91 Å². The van der Waals surface area contributed by atoms with Gasteiger partial charge in [-0.05, 0) is 88.0 Å². The Morgan fingerprint density at radius 2 is 1.83 bits per heavy atom. The summed E-state index contributed by atoms with van der Waals surface area (Å²) in [5, 5.41) is 23.3. The monoisotopic (exact) mass is 719 g/mol. The Morgan fingerprint density at radius 3 is 2.54 bits per heavy atom. The number of hydrogen-bond acceptors (Lipinski definition) is 6. The maximum absolute atomic E-state index is 14.7. The minimum absolute atomic E-state index is 0.00950. The van der Waals surface area contributed by atoms with E-state index in [2.05, 4.69) is 45.5 Å². The maximum Gasteiger partial charge on any atom is 0.252 e. The second-order valence-electron chi connectivity index (χ2n) is 13.1. The van der Waals surface area contributed by atoms with E-state index >= 15 is 0 Å².